The number of hydrogen-bond acceptors (Lipinski definition) is 8. The van der Waals surface area contributed by atoms with E-state index >= 15 is 0 Å². The third-order valence-electron chi connectivity index (χ3n) is 6.40. The van der Waals surface area contributed by atoms with Gasteiger partial charge in [0.1, 0.15) is 6.10 Å². The van der Waals surface area contributed by atoms with Gasteiger partial charge in [0.25, 0.3) is 5.91 Å². The number of allylic oxidation sites excluding steroid dienone is 4. The van der Waals surface area contributed by atoms with Crippen molar-refractivity contribution in [2.45, 2.75) is 64.8 Å². The predicted octanol–water partition coefficient (Wildman–Crippen LogP) is 2.11. The molecular weight excluding hydrogens is 478 g/mol. The third-order valence-corrected chi connectivity index (χ3v) is 6.40. The Hall–Kier alpha value is -3.50. The largest absolute Gasteiger partial charge is 0.439 e. The van der Waals surface area contributed by atoms with Gasteiger partial charge in [-0.15, -0.1) is 0 Å². The molecule has 4 unspecified atom stereocenters. The first kappa shape index (κ1) is 29.7. The van der Waals surface area contributed by atoms with Crippen LogP contribution in [-0.4, -0.2) is 61.1 Å². The SMILES string of the molecule is CNC(=O)OC1/C(C)=C/C(C)C(O)CCCCC2=C(N)C(=O)C=C(NC(=O)/C(C)=C/C=C\C1OC)C2=O. The van der Waals surface area contributed by atoms with Crippen LogP contribution in [0.2, 0.25) is 0 Å². The summed E-state index contributed by atoms with van der Waals surface area (Å²) < 4.78 is 11.1. The summed E-state index contributed by atoms with van der Waals surface area (Å²) in [4.78, 5) is 50.0. The van der Waals surface area contributed by atoms with Crippen molar-refractivity contribution in [1.82, 2.24) is 10.6 Å². The molecule has 2 rings (SSSR count). The first-order chi connectivity index (χ1) is 17.5. The number of carbonyl (C=O) groups excluding carboxylic acids is 4. The van der Waals surface area contributed by atoms with Crippen LogP contribution in [0.3, 0.4) is 0 Å². The Morgan fingerprint density at radius 1 is 1.22 bits per heavy atom. The molecule has 0 aromatic carbocycles. The monoisotopic (exact) mass is 515 g/mol. The molecule has 0 saturated heterocycles. The number of aliphatic hydroxyl groups excluding tert-OH is 1. The van der Waals surface area contributed by atoms with Gasteiger partial charge in [-0.2, -0.15) is 0 Å². The molecule has 0 spiro atoms. The van der Waals surface area contributed by atoms with Crippen molar-refractivity contribution < 1.29 is 33.8 Å². The molecule has 10 heteroatoms. The van der Waals surface area contributed by atoms with Crippen molar-refractivity contribution in [2.24, 2.45) is 11.7 Å². The topological polar surface area (TPSA) is 157 Å². The first-order valence-electron chi connectivity index (χ1n) is 12.2. The number of fused-ring (bicyclic) bond motifs is 2. The molecule has 0 aromatic heterocycles. The highest BCUT2D eigenvalue weighted by atomic mass is 16.6. The molecule has 10 nitrogen and oxygen atoms in total. The molecule has 0 fully saturated rings. The normalized spacial score (nSPS) is 30.3. The second kappa shape index (κ2) is 13.7. The van der Waals surface area contributed by atoms with Gasteiger partial charge >= 0.3 is 6.09 Å². The standard InChI is InChI=1S/C27H37N3O7/c1-15-9-8-12-22(36-5)25(37-27(35)29-4)17(3)13-16(2)20(31)11-7-6-10-18-23(28)21(32)14-19(24(18)33)30-26(15)34/h8-9,12-14,16,20,22,25,31H,6-7,10-11,28H2,1-5H3,(H,29,35)(H,30,34)/b12-8-,15-9+,17-13+. The predicted molar refractivity (Wildman–Crippen MR) is 138 cm³/mol. The lowest BCUT2D eigenvalue weighted by Crippen LogP contribution is -2.36. The summed E-state index contributed by atoms with van der Waals surface area (Å²) in [7, 11) is 2.92. The highest BCUT2D eigenvalue weighted by Gasteiger charge is 2.29. The molecule has 5 N–H and O–H groups in total. The van der Waals surface area contributed by atoms with Crippen LogP contribution in [0.4, 0.5) is 4.79 Å². The maximum Gasteiger partial charge on any atom is 0.407 e. The highest BCUT2D eigenvalue weighted by molar-refractivity contribution is 6.23. The number of Topliss-reactive ketones (excluding diaryl/α,β-unsaturated/α-hetero) is 1. The van der Waals surface area contributed by atoms with Crippen LogP contribution in [0, 0.1) is 5.92 Å². The molecule has 1 heterocycles. The number of aliphatic hydroxyl groups is 1. The summed E-state index contributed by atoms with van der Waals surface area (Å²) in [6.45, 7) is 5.20. The molecular formula is C27H37N3O7. The van der Waals surface area contributed by atoms with Gasteiger partial charge < -0.3 is 30.9 Å². The number of ether oxygens (including phenoxy) is 2. The Labute approximate surface area is 217 Å². The lowest BCUT2D eigenvalue weighted by Gasteiger charge is -2.26. The average molecular weight is 516 g/mol. The van der Waals surface area contributed by atoms with E-state index in [1.54, 1.807) is 26.0 Å². The molecule has 1 aliphatic carbocycles. The van der Waals surface area contributed by atoms with Crippen molar-refractivity contribution in [3.63, 3.8) is 0 Å². The van der Waals surface area contributed by atoms with Crippen LogP contribution in [0.5, 0.6) is 0 Å². The summed E-state index contributed by atoms with van der Waals surface area (Å²) >= 11 is 0. The maximum atomic E-state index is 12.9. The Morgan fingerprint density at radius 2 is 1.92 bits per heavy atom. The van der Waals surface area contributed by atoms with Gasteiger partial charge in [0.15, 0.2) is 6.10 Å². The zero-order valence-electron chi connectivity index (χ0n) is 22.0. The smallest absolute Gasteiger partial charge is 0.407 e. The number of methoxy groups -OCH3 is 1. The van der Waals surface area contributed by atoms with Gasteiger partial charge in [-0.05, 0) is 38.7 Å². The van der Waals surface area contributed by atoms with E-state index in [0.29, 0.717) is 24.8 Å². The molecule has 202 valence electrons. The number of hydrogen-bond donors (Lipinski definition) is 4. The molecule has 0 aromatic rings. The summed E-state index contributed by atoms with van der Waals surface area (Å²) in [6, 6.07) is 0. The Morgan fingerprint density at radius 3 is 2.57 bits per heavy atom. The number of nitrogens with one attached hydrogen (secondary N) is 2. The fraction of sp³-hybridized carbons (Fsp3) is 0.481. The Bertz CT molecular complexity index is 1070. The van der Waals surface area contributed by atoms with Gasteiger partial charge in [0.2, 0.25) is 11.6 Å². The van der Waals surface area contributed by atoms with Crippen LogP contribution in [0.25, 0.3) is 0 Å². The number of ketones is 2. The van der Waals surface area contributed by atoms with Crippen molar-refractivity contribution in [3.8, 4) is 0 Å². The molecule has 1 aliphatic heterocycles. The van der Waals surface area contributed by atoms with E-state index in [0.717, 1.165) is 6.08 Å². The van der Waals surface area contributed by atoms with Crippen LogP contribution in [0.15, 0.2) is 58.5 Å². The van der Waals surface area contributed by atoms with E-state index < -0.39 is 41.9 Å². The van der Waals surface area contributed by atoms with Crippen molar-refractivity contribution in [3.05, 3.63) is 58.5 Å². The zero-order valence-corrected chi connectivity index (χ0v) is 22.0. The second-order valence-corrected chi connectivity index (χ2v) is 9.19. The average Bonchev–Trinajstić information content (AvgIpc) is 2.86. The summed E-state index contributed by atoms with van der Waals surface area (Å²) in [5, 5.41) is 15.6. The van der Waals surface area contributed by atoms with E-state index in [4.69, 9.17) is 15.2 Å². The highest BCUT2D eigenvalue weighted by Crippen LogP contribution is 2.24. The first-order valence-corrected chi connectivity index (χ1v) is 12.2. The van der Waals surface area contributed by atoms with E-state index in [9.17, 15) is 24.3 Å². The minimum atomic E-state index is -0.789. The van der Waals surface area contributed by atoms with Gasteiger partial charge in [-0.25, -0.2) is 4.79 Å². The summed E-state index contributed by atoms with van der Waals surface area (Å²) in [6.07, 6.45) is 6.56. The quantitative estimate of drug-likeness (QED) is 0.322. The van der Waals surface area contributed by atoms with Gasteiger partial charge in [-0.1, -0.05) is 37.6 Å². The van der Waals surface area contributed by atoms with Crippen LogP contribution in [0.1, 0.15) is 46.5 Å². The zero-order chi connectivity index (χ0) is 27.7. The van der Waals surface area contributed by atoms with Gasteiger partial charge in [-0.3, -0.25) is 14.4 Å². The number of nitrogens with two attached hydrogens (primary N) is 1. The van der Waals surface area contributed by atoms with E-state index in [-0.39, 0.29) is 34.9 Å². The third kappa shape index (κ3) is 7.99. The van der Waals surface area contributed by atoms with E-state index in [1.165, 1.54) is 20.2 Å². The van der Waals surface area contributed by atoms with Crippen molar-refractivity contribution in [1.29, 1.82) is 0 Å². The molecule has 4 atom stereocenters. The number of alkyl carbamates (subject to hydrolysis) is 1. The Balaban J connectivity index is 2.45. The van der Waals surface area contributed by atoms with Crippen molar-refractivity contribution >= 4 is 23.6 Å². The number of carbonyl (C=O) groups is 4. The summed E-state index contributed by atoms with van der Waals surface area (Å²) in [5.41, 5.74) is 6.76. The minimum Gasteiger partial charge on any atom is -0.439 e. The molecule has 37 heavy (non-hydrogen) atoms. The molecule has 0 radical (unpaired) electrons. The fourth-order valence-electron chi connectivity index (χ4n) is 4.09. The summed E-state index contributed by atoms with van der Waals surface area (Å²) in [5.74, 6) is -1.85. The van der Waals surface area contributed by atoms with E-state index in [1.807, 2.05) is 13.0 Å². The van der Waals surface area contributed by atoms with Crippen molar-refractivity contribution in [2.75, 3.05) is 14.2 Å². The second-order valence-electron chi connectivity index (χ2n) is 9.19. The van der Waals surface area contributed by atoms with Gasteiger partial charge in [0, 0.05) is 37.3 Å². The maximum absolute atomic E-state index is 12.9. The number of rotatable bonds is 2. The minimum absolute atomic E-state index is 0.121. The molecule has 0 saturated carbocycles. The lowest BCUT2D eigenvalue weighted by molar-refractivity contribution is -0.120. The molecule has 2 bridgehead atoms. The molecule has 2 aliphatic rings. The van der Waals surface area contributed by atoms with Crippen LogP contribution < -0.4 is 16.4 Å². The van der Waals surface area contributed by atoms with Crippen LogP contribution >= 0.6 is 0 Å². The number of amides is 2. The van der Waals surface area contributed by atoms with Crippen LogP contribution in [-0.2, 0) is 23.9 Å². The fourth-order valence-corrected chi connectivity index (χ4v) is 4.09. The van der Waals surface area contributed by atoms with Gasteiger partial charge in [0.05, 0.1) is 17.5 Å². The van der Waals surface area contributed by atoms with E-state index in [2.05, 4.69) is 10.6 Å². The molecule has 2 amide bonds. The Kier molecular flexibility index (Phi) is 11.0. The lowest BCUT2D eigenvalue weighted by atomic mass is 9.91.